The fourth-order valence-corrected chi connectivity index (χ4v) is 3.81. The Morgan fingerprint density at radius 3 is 2.50 bits per heavy atom. The maximum atomic E-state index is 10.8. The fourth-order valence-electron chi connectivity index (χ4n) is 2.65. The molecule has 0 saturated heterocycles. The number of carboxylic acids is 1. The number of rotatable bonds is 1. The number of aromatic carboxylic acids is 1. The number of hydrogen-bond acceptors (Lipinski definition) is 3. The molecule has 0 spiro atoms. The Labute approximate surface area is 85.8 Å². The highest BCUT2D eigenvalue weighted by molar-refractivity contribution is 7.13. The van der Waals surface area contributed by atoms with Crippen LogP contribution in [-0.2, 0) is 0 Å². The monoisotopic (exact) mass is 209 g/mol. The van der Waals surface area contributed by atoms with E-state index < -0.39 is 5.97 Å². The van der Waals surface area contributed by atoms with E-state index in [0.717, 1.165) is 5.69 Å². The summed E-state index contributed by atoms with van der Waals surface area (Å²) in [4.78, 5) is 16.3. The minimum Gasteiger partial charge on any atom is -0.476 e. The lowest BCUT2D eigenvalue weighted by molar-refractivity contribution is 0.0696. The maximum absolute atomic E-state index is 10.8. The Hall–Kier alpha value is -0.900. The number of carbonyl (C=O) groups is 1. The number of carboxylic acid groups (broad SMARTS) is 1. The maximum Gasteiger partial charge on any atom is 0.365 e. The van der Waals surface area contributed by atoms with Crippen molar-refractivity contribution in [2.24, 2.45) is 0 Å². The summed E-state index contributed by atoms with van der Waals surface area (Å²) in [5.41, 5.74) is 1.11. The topological polar surface area (TPSA) is 50.2 Å². The van der Waals surface area contributed by atoms with Crippen LogP contribution in [0.3, 0.4) is 0 Å². The first kappa shape index (κ1) is 8.41. The van der Waals surface area contributed by atoms with E-state index in [2.05, 4.69) is 4.98 Å². The van der Waals surface area contributed by atoms with Gasteiger partial charge in [-0.05, 0) is 31.6 Å². The number of thiazole rings is 1. The molecule has 3 nitrogen and oxygen atoms in total. The molecule has 4 heteroatoms. The molecular formula is C10H11NO2S. The van der Waals surface area contributed by atoms with Gasteiger partial charge in [0.05, 0.1) is 5.69 Å². The zero-order valence-electron chi connectivity index (χ0n) is 7.69. The van der Waals surface area contributed by atoms with Crippen molar-refractivity contribution in [3.05, 3.63) is 15.6 Å². The van der Waals surface area contributed by atoms with Crippen LogP contribution in [0.5, 0.6) is 0 Å². The molecule has 1 saturated carbocycles. The molecule has 1 aromatic heterocycles. The summed E-state index contributed by atoms with van der Waals surface area (Å²) in [7, 11) is 0. The molecule has 1 N–H and O–H groups in total. The number of fused-ring (bicyclic) bond motifs is 2. The van der Waals surface area contributed by atoms with E-state index >= 15 is 0 Å². The summed E-state index contributed by atoms with van der Waals surface area (Å²) in [5.74, 6) is 0.295. The van der Waals surface area contributed by atoms with E-state index in [9.17, 15) is 4.79 Å². The third kappa shape index (κ3) is 1.03. The molecule has 2 bridgehead atoms. The summed E-state index contributed by atoms with van der Waals surface area (Å²) in [5, 5.41) is 9.16. The highest BCUT2D eigenvalue weighted by atomic mass is 32.1. The van der Waals surface area contributed by atoms with Crippen LogP contribution in [0.2, 0.25) is 0 Å². The van der Waals surface area contributed by atoms with Crippen LogP contribution in [0.15, 0.2) is 0 Å². The normalized spacial score (nSPS) is 28.9. The molecule has 0 aromatic carbocycles. The first-order chi connectivity index (χ1) is 6.75. The molecule has 0 amide bonds. The van der Waals surface area contributed by atoms with Gasteiger partial charge in [0, 0.05) is 10.8 Å². The van der Waals surface area contributed by atoms with Crippen LogP contribution in [0.4, 0.5) is 0 Å². The van der Waals surface area contributed by atoms with E-state index in [1.807, 2.05) is 0 Å². The van der Waals surface area contributed by atoms with Crippen LogP contribution in [0.1, 0.15) is 57.9 Å². The fraction of sp³-hybridized carbons (Fsp3) is 0.600. The largest absolute Gasteiger partial charge is 0.476 e. The third-order valence-electron chi connectivity index (χ3n) is 3.35. The summed E-state index contributed by atoms with van der Waals surface area (Å²) in [6.07, 6.45) is 4.89. The number of nitrogens with zero attached hydrogens (tertiary/aromatic N) is 1. The van der Waals surface area contributed by atoms with Crippen molar-refractivity contribution in [1.82, 2.24) is 4.98 Å². The second-order valence-corrected chi connectivity index (χ2v) is 5.15. The molecular weight excluding hydrogens is 198 g/mol. The van der Waals surface area contributed by atoms with E-state index in [1.54, 1.807) is 0 Å². The molecule has 14 heavy (non-hydrogen) atoms. The highest BCUT2D eigenvalue weighted by Crippen LogP contribution is 2.50. The Morgan fingerprint density at radius 2 is 1.93 bits per heavy atom. The van der Waals surface area contributed by atoms with Crippen molar-refractivity contribution in [1.29, 1.82) is 0 Å². The van der Waals surface area contributed by atoms with Crippen LogP contribution < -0.4 is 0 Å². The molecule has 1 fully saturated rings. The SMILES string of the molecule is O=C(O)c1nc2c(s1)C1CCC2CC1. The molecule has 1 aromatic rings. The van der Waals surface area contributed by atoms with Crippen molar-refractivity contribution in [3.63, 3.8) is 0 Å². The van der Waals surface area contributed by atoms with Gasteiger partial charge >= 0.3 is 5.97 Å². The highest BCUT2D eigenvalue weighted by Gasteiger charge is 2.36. The van der Waals surface area contributed by atoms with Gasteiger partial charge in [0.1, 0.15) is 0 Å². The predicted molar refractivity (Wildman–Crippen MR) is 53.0 cm³/mol. The second kappa shape index (κ2) is 2.79. The van der Waals surface area contributed by atoms with Gasteiger partial charge in [0.25, 0.3) is 0 Å². The molecule has 0 aliphatic heterocycles. The third-order valence-corrected chi connectivity index (χ3v) is 4.57. The summed E-state index contributed by atoms with van der Waals surface area (Å²) < 4.78 is 0. The zero-order chi connectivity index (χ0) is 9.71. The lowest BCUT2D eigenvalue weighted by Crippen LogP contribution is -2.20. The Balaban J connectivity index is 2.11. The minimum absolute atomic E-state index is 0.286. The van der Waals surface area contributed by atoms with Crippen molar-refractivity contribution in [2.75, 3.05) is 0 Å². The molecule has 1 heterocycles. The average Bonchev–Trinajstić information content (AvgIpc) is 2.65. The van der Waals surface area contributed by atoms with Crippen molar-refractivity contribution < 1.29 is 9.90 Å². The molecule has 3 aliphatic rings. The number of aromatic nitrogens is 1. The van der Waals surface area contributed by atoms with Gasteiger partial charge in [-0.1, -0.05) is 0 Å². The average molecular weight is 209 g/mol. The second-order valence-electron chi connectivity index (χ2n) is 4.12. The molecule has 0 atom stereocenters. The summed E-state index contributed by atoms with van der Waals surface area (Å²) in [6.45, 7) is 0. The van der Waals surface area contributed by atoms with Crippen LogP contribution in [0, 0.1) is 0 Å². The molecule has 3 aliphatic carbocycles. The Bertz CT molecular complexity index is 361. The van der Waals surface area contributed by atoms with E-state index in [-0.39, 0.29) is 5.01 Å². The van der Waals surface area contributed by atoms with Gasteiger partial charge < -0.3 is 5.11 Å². The molecule has 74 valence electrons. The zero-order valence-corrected chi connectivity index (χ0v) is 8.51. The first-order valence-electron chi connectivity index (χ1n) is 4.99. The van der Waals surface area contributed by atoms with E-state index in [0.29, 0.717) is 11.8 Å². The Morgan fingerprint density at radius 1 is 1.29 bits per heavy atom. The van der Waals surface area contributed by atoms with Crippen molar-refractivity contribution in [2.45, 2.75) is 37.5 Å². The van der Waals surface area contributed by atoms with Crippen LogP contribution in [-0.4, -0.2) is 16.1 Å². The summed E-state index contributed by atoms with van der Waals surface area (Å²) >= 11 is 1.40. The first-order valence-corrected chi connectivity index (χ1v) is 5.81. The minimum atomic E-state index is -0.871. The van der Waals surface area contributed by atoms with Gasteiger partial charge in [-0.2, -0.15) is 0 Å². The smallest absolute Gasteiger partial charge is 0.365 e. The van der Waals surface area contributed by atoms with E-state index in [1.165, 1.54) is 41.9 Å². The molecule has 0 unspecified atom stereocenters. The van der Waals surface area contributed by atoms with Gasteiger partial charge in [-0.15, -0.1) is 11.3 Å². The number of hydrogen-bond donors (Lipinski definition) is 1. The molecule has 0 radical (unpaired) electrons. The lowest BCUT2D eigenvalue weighted by atomic mass is 9.73. The van der Waals surface area contributed by atoms with Gasteiger partial charge in [0.2, 0.25) is 5.01 Å². The van der Waals surface area contributed by atoms with E-state index in [4.69, 9.17) is 5.11 Å². The van der Waals surface area contributed by atoms with Crippen LogP contribution >= 0.6 is 11.3 Å². The Kier molecular flexibility index (Phi) is 1.68. The van der Waals surface area contributed by atoms with Crippen molar-refractivity contribution in [3.8, 4) is 0 Å². The predicted octanol–water partition coefficient (Wildman–Crippen LogP) is 2.60. The standard InChI is InChI=1S/C10H11NO2S/c12-10(13)9-11-7-5-1-3-6(4-2-5)8(7)14-9/h5-6H,1-4H2,(H,12,13). The van der Waals surface area contributed by atoms with Gasteiger partial charge in [0.15, 0.2) is 0 Å². The van der Waals surface area contributed by atoms with Crippen LogP contribution in [0.25, 0.3) is 0 Å². The summed E-state index contributed by atoms with van der Waals surface area (Å²) in [6, 6.07) is 0. The van der Waals surface area contributed by atoms with Gasteiger partial charge in [-0.25, -0.2) is 9.78 Å². The lowest BCUT2D eigenvalue weighted by Gasteiger charge is -2.34. The molecule has 4 rings (SSSR count). The quantitative estimate of drug-likeness (QED) is 0.773. The van der Waals surface area contributed by atoms with Crippen molar-refractivity contribution >= 4 is 17.3 Å². The van der Waals surface area contributed by atoms with Gasteiger partial charge in [-0.3, -0.25) is 0 Å².